The first kappa shape index (κ1) is 21.7. The topological polar surface area (TPSA) is 52.6 Å². The lowest BCUT2D eigenvalue weighted by molar-refractivity contribution is 0.792. The minimum Gasteiger partial charge on any atom is -0.364 e. The highest BCUT2D eigenvalue weighted by Crippen LogP contribution is 2.17. The van der Waals surface area contributed by atoms with Crippen LogP contribution in [0.2, 0.25) is 0 Å². The molecule has 2 N–H and O–H groups in total. The zero-order valence-corrected chi connectivity index (χ0v) is 19.1. The highest BCUT2D eigenvalue weighted by Gasteiger charge is 2.07. The van der Waals surface area contributed by atoms with Crippen molar-refractivity contribution >= 4 is 47.0 Å². The summed E-state index contributed by atoms with van der Waals surface area (Å²) >= 11 is 1.79. The van der Waals surface area contributed by atoms with Gasteiger partial charge in [0, 0.05) is 56.4 Å². The zero-order valence-electron chi connectivity index (χ0n) is 15.9. The fourth-order valence-corrected chi connectivity index (χ4v) is 3.70. The van der Waals surface area contributed by atoms with E-state index in [4.69, 9.17) is 0 Å². The van der Waals surface area contributed by atoms with E-state index >= 15 is 0 Å². The summed E-state index contributed by atoms with van der Waals surface area (Å²) in [4.78, 5) is 12.4. The molecule has 7 heteroatoms. The third-order valence-electron chi connectivity index (χ3n) is 4.38. The van der Waals surface area contributed by atoms with E-state index < -0.39 is 0 Å². The molecular weight excluding hydrogens is 469 g/mol. The quantitative estimate of drug-likeness (QED) is 0.266. The monoisotopic (exact) mass is 497 g/mol. The standard InChI is InChI=1S/C20H27N5S.HI/c1-3-18-15-23-19(26-18)10-11-22-20(21-2)24-14-16-6-8-17(9-7-16)25-12-4-5-13-25;/h4-9,15H,3,10-14H2,1-2H3,(H2,21,22,24);1H. The minimum atomic E-state index is 0. The Kier molecular flexibility index (Phi) is 9.06. The maximum Gasteiger partial charge on any atom is 0.191 e. The molecule has 0 saturated carbocycles. The van der Waals surface area contributed by atoms with Crippen molar-refractivity contribution in [2.75, 3.05) is 31.6 Å². The third kappa shape index (κ3) is 6.49. The van der Waals surface area contributed by atoms with Crippen molar-refractivity contribution in [1.82, 2.24) is 15.6 Å². The van der Waals surface area contributed by atoms with Gasteiger partial charge in [-0.15, -0.1) is 35.3 Å². The molecule has 0 spiro atoms. The Morgan fingerprint density at radius 1 is 1.19 bits per heavy atom. The van der Waals surface area contributed by atoms with E-state index in [1.165, 1.54) is 21.1 Å². The van der Waals surface area contributed by atoms with Gasteiger partial charge < -0.3 is 15.5 Å². The van der Waals surface area contributed by atoms with Gasteiger partial charge in [0.2, 0.25) is 0 Å². The van der Waals surface area contributed by atoms with Gasteiger partial charge in [-0.1, -0.05) is 31.2 Å². The fraction of sp³-hybridized carbons (Fsp3) is 0.400. The van der Waals surface area contributed by atoms with Gasteiger partial charge in [-0.3, -0.25) is 4.99 Å². The second-order valence-electron chi connectivity index (χ2n) is 6.22. The van der Waals surface area contributed by atoms with Crippen molar-refractivity contribution in [2.24, 2.45) is 4.99 Å². The van der Waals surface area contributed by atoms with Crippen LogP contribution in [-0.4, -0.2) is 37.6 Å². The maximum atomic E-state index is 4.45. The van der Waals surface area contributed by atoms with Gasteiger partial charge in [0.25, 0.3) is 0 Å². The summed E-state index contributed by atoms with van der Waals surface area (Å²) in [5.74, 6) is 0.824. The van der Waals surface area contributed by atoms with Crippen molar-refractivity contribution in [2.45, 2.75) is 26.3 Å². The smallest absolute Gasteiger partial charge is 0.191 e. The molecule has 1 aliphatic rings. The molecule has 0 bridgehead atoms. The van der Waals surface area contributed by atoms with Gasteiger partial charge in [0.1, 0.15) is 0 Å². The summed E-state index contributed by atoms with van der Waals surface area (Å²) in [6, 6.07) is 8.73. The molecular formula is C20H28IN5S. The van der Waals surface area contributed by atoms with E-state index in [1.54, 1.807) is 18.4 Å². The lowest BCUT2D eigenvalue weighted by Crippen LogP contribution is -2.37. The Morgan fingerprint density at radius 2 is 1.93 bits per heavy atom. The number of hydrogen-bond donors (Lipinski definition) is 2. The molecule has 0 saturated heterocycles. The van der Waals surface area contributed by atoms with Crippen molar-refractivity contribution in [3.63, 3.8) is 0 Å². The maximum absolute atomic E-state index is 4.45. The Labute approximate surface area is 183 Å². The third-order valence-corrected chi connectivity index (χ3v) is 5.59. The van der Waals surface area contributed by atoms with Gasteiger partial charge in [0.05, 0.1) is 5.01 Å². The average Bonchev–Trinajstić information content (AvgIpc) is 3.37. The van der Waals surface area contributed by atoms with E-state index in [2.05, 4.69) is 68.9 Å². The molecule has 1 aromatic heterocycles. The largest absolute Gasteiger partial charge is 0.364 e. The molecule has 2 heterocycles. The molecule has 0 amide bonds. The highest BCUT2D eigenvalue weighted by molar-refractivity contribution is 14.0. The second kappa shape index (κ2) is 11.3. The number of nitrogens with zero attached hydrogens (tertiary/aromatic N) is 3. The Bertz CT molecular complexity index is 746. The zero-order chi connectivity index (χ0) is 18.2. The first-order chi connectivity index (χ1) is 12.8. The average molecular weight is 497 g/mol. The first-order valence-corrected chi connectivity index (χ1v) is 9.97. The van der Waals surface area contributed by atoms with Crippen LogP contribution in [0.1, 0.15) is 22.4 Å². The molecule has 0 radical (unpaired) electrons. The molecule has 146 valence electrons. The lowest BCUT2D eigenvalue weighted by Gasteiger charge is -2.18. The molecule has 1 aliphatic heterocycles. The molecule has 3 rings (SSSR count). The second-order valence-corrected chi connectivity index (χ2v) is 7.42. The normalized spacial score (nSPS) is 13.6. The number of rotatable bonds is 7. The number of halogens is 1. The van der Waals surface area contributed by atoms with Crippen LogP contribution in [0.4, 0.5) is 5.69 Å². The van der Waals surface area contributed by atoms with E-state index in [0.717, 1.165) is 45.0 Å². The van der Waals surface area contributed by atoms with Crippen LogP contribution in [0.5, 0.6) is 0 Å². The molecule has 5 nitrogen and oxygen atoms in total. The predicted octanol–water partition coefficient (Wildman–Crippen LogP) is 3.61. The summed E-state index contributed by atoms with van der Waals surface area (Å²) in [6.45, 7) is 5.77. The SMILES string of the molecule is CCc1cnc(CCNC(=NC)NCc2ccc(N3CC=CC3)cc2)s1.I. The summed E-state index contributed by atoms with van der Waals surface area (Å²) in [5, 5.41) is 7.91. The Balaban J connectivity index is 0.00000261. The van der Waals surface area contributed by atoms with Gasteiger partial charge in [0.15, 0.2) is 5.96 Å². The van der Waals surface area contributed by atoms with Gasteiger partial charge in [-0.25, -0.2) is 4.98 Å². The molecule has 0 atom stereocenters. The number of aliphatic imine (C=N–C) groups is 1. The lowest BCUT2D eigenvalue weighted by atomic mass is 10.2. The van der Waals surface area contributed by atoms with Crippen LogP contribution in [0.3, 0.4) is 0 Å². The Morgan fingerprint density at radius 3 is 2.56 bits per heavy atom. The van der Waals surface area contributed by atoms with E-state index in [9.17, 15) is 0 Å². The first-order valence-electron chi connectivity index (χ1n) is 9.15. The van der Waals surface area contributed by atoms with Crippen LogP contribution in [-0.2, 0) is 19.4 Å². The van der Waals surface area contributed by atoms with Crippen LogP contribution in [0, 0.1) is 0 Å². The highest BCUT2D eigenvalue weighted by atomic mass is 127. The summed E-state index contributed by atoms with van der Waals surface area (Å²) in [6.07, 6.45) is 8.38. The fourth-order valence-electron chi connectivity index (χ4n) is 2.83. The summed E-state index contributed by atoms with van der Waals surface area (Å²) in [7, 11) is 1.80. The molecule has 27 heavy (non-hydrogen) atoms. The van der Waals surface area contributed by atoms with Gasteiger partial charge in [-0.2, -0.15) is 0 Å². The van der Waals surface area contributed by atoms with Crippen molar-refractivity contribution in [3.05, 3.63) is 58.1 Å². The van der Waals surface area contributed by atoms with Crippen molar-refractivity contribution < 1.29 is 0 Å². The summed E-state index contributed by atoms with van der Waals surface area (Å²) < 4.78 is 0. The molecule has 0 unspecified atom stereocenters. The van der Waals surface area contributed by atoms with Gasteiger partial charge in [-0.05, 0) is 24.1 Å². The number of aromatic nitrogens is 1. The molecule has 1 aromatic carbocycles. The summed E-state index contributed by atoms with van der Waals surface area (Å²) in [5.41, 5.74) is 2.52. The molecule has 2 aromatic rings. The Hall–Kier alpha value is -1.61. The van der Waals surface area contributed by atoms with Crippen molar-refractivity contribution in [3.8, 4) is 0 Å². The van der Waals surface area contributed by atoms with Crippen LogP contribution < -0.4 is 15.5 Å². The number of nitrogens with one attached hydrogen (secondary N) is 2. The van der Waals surface area contributed by atoms with E-state index in [-0.39, 0.29) is 24.0 Å². The number of anilines is 1. The number of benzene rings is 1. The number of hydrogen-bond acceptors (Lipinski definition) is 4. The van der Waals surface area contributed by atoms with E-state index in [0.29, 0.717) is 0 Å². The van der Waals surface area contributed by atoms with Gasteiger partial charge >= 0.3 is 0 Å². The van der Waals surface area contributed by atoms with Crippen molar-refractivity contribution in [1.29, 1.82) is 0 Å². The van der Waals surface area contributed by atoms with Crippen LogP contribution in [0.15, 0.2) is 47.6 Å². The van der Waals surface area contributed by atoms with Crippen LogP contribution >= 0.6 is 35.3 Å². The molecule has 0 fully saturated rings. The number of thiazole rings is 1. The van der Waals surface area contributed by atoms with Crippen LogP contribution in [0.25, 0.3) is 0 Å². The molecule has 0 aliphatic carbocycles. The number of guanidine groups is 1. The number of aryl methyl sites for hydroxylation is 1. The van der Waals surface area contributed by atoms with E-state index in [1.807, 2.05) is 6.20 Å². The minimum absolute atomic E-state index is 0. The predicted molar refractivity (Wildman–Crippen MR) is 127 cm³/mol.